The standard InChI is InChI=1S/C17H16N2O5S/c20-11-12-5-7-15(8-6-12)25(23,24)19-10-14-4-2-1-3-13(14)9-16(19)17(21)18-22/h1-8,11,16,22H,9-10H2,(H,18,21)/t16-/m1/s1. The van der Waals surface area contributed by atoms with Crippen molar-refractivity contribution >= 4 is 22.2 Å². The van der Waals surface area contributed by atoms with E-state index >= 15 is 0 Å². The zero-order valence-corrected chi connectivity index (χ0v) is 13.9. The molecule has 0 radical (unpaired) electrons. The number of carbonyl (C=O) groups excluding carboxylic acids is 2. The van der Waals surface area contributed by atoms with Gasteiger partial charge in [0.05, 0.1) is 4.90 Å². The Morgan fingerprint density at radius 3 is 2.36 bits per heavy atom. The molecule has 0 saturated heterocycles. The summed E-state index contributed by atoms with van der Waals surface area (Å²) in [5.74, 6) is -0.789. The van der Waals surface area contributed by atoms with Crippen LogP contribution in [0.25, 0.3) is 0 Å². The van der Waals surface area contributed by atoms with Gasteiger partial charge in [-0.25, -0.2) is 13.9 Å². The first-order chi connectivity index (χ1) is 12.0. The van der Waals surface area contributed by atoms with Crippen LogP contribution in [-0.4, -0.2) is 36.2 Å². The number of benzene rings is 2. The third kappa shape index (κ3) is 3.19. The molecule has 1 heterocycles. The van der Waals surface area contributed by atoms with E-state index in [1.165, 1.54) is 24.3 Å². The molecule has 0 bridgehead atoms. The summed E-state index contributed by atoms with van der Waals surface area (Å²) in [7, 11) is -3.99. The first kappa shape index (κ1) is 17.3. The topological polar surface area (TPSA) is 104 Å². The van der Waals surface area contributed by atoms with Gasteiger partial charge in [-0.3, -0.25) is 14.8 Å². The predicted octanol–water partition coefficient (Wildman–Crippen LogP) is 1.12. The van der Waals surface area contributed by atoms with Crippen molar-refractivity contribution in [2.75, 3.05) is 0 Å². The lowest BCUT2D eigenvalue weighted by atomic mass is 9.95. The van der Waals surface area contributed by atoms with Gasteiger partial charge in [0.15, 0.2) is 0 Å². The third-order valence-electron chi connectivity index (χ3n) is 4.24. The van der Waals surface area contributed by atoms with E-state index in [0.717, 1.165) is 15.4 Å². The molecular formula is C17H16N2O5S. The molecule has 0 unspecified atom stereocenters. The molecule has 1 aliphatic rings. The molecule has 3 rings (SSSR count). The molecule has 130 valence electrons. The summed E-state index contributed by atoms with van der Waals surface area (Å²) in [5.41, 5.74) is 3.56. The van der Waals surface area contributed by atoms with E-state index in [9.17, 15) is 18.0 Å². The van der Waals surface area contributed by atoms with Gasteiger partial charge in [-0.15, -0.1) is 0 Å². The van der Waals surface area contributed by atoms with Crippen molar-refractivity contribution in [3.63, 3.8) is 0 Å². The second-order valence-corrected chi connectivity index (χ2v) is 7.59. The molecule has 0 aliphatic carbocycles. The Hall–Kier alpha value is -2.55. The van der Waals surface area contributed by atoms with Crippen LogP contribution in [0.4, 0.5) is 0 Å². The number of carbonyl (C=O) groups is 2. The van der Waals surface area contributed by atoms with Gasteiger partial charge in [0.2, 0.25) is 10.0 Å². The highest BCUT2D eigenvalue weighted by atomic mass is 32.2. The summed E-state index contributed by atoms with van der Waals surface area (Å²) in [6.07, 6.45) is 0.782. The zero-order chi connectivity index (χ0) is 18.0. The molecular weight excluding hydrogens is 344 g/mol. The summed E-state index contributed by atoms with van der Waals surface area (Å²) < 4.78 is 27.1. The Kier molecular flexibility index (Phi) is 4.67. The maximum atomic E-state index is 13.0. The second-order valence-electron chi connectivity index (χ2n) is 5.70. The Morgan fingerprint density at radius 1 is 1.12 bits per heavy atom. The van der Waals surface area contributed by atoms with Crippen LogP contribution >= 0.6 is 0 Å². The van der Waals surface area contributed by atoms with Gasteiger partial charge in [0.25, 0.3) is 5.91 Å². The molecule has 1 amide bonds. The SMILES string of the molecule is O=Cc1ccc(S(=O)(=O)N2Cc3ccccc3C[C@@H]2C(=O)NO)cc1. The molecule has 0 saturated carbocycles. The average molecular weight is 360 g/mol. The maximum absolute atomic E-state index is 13.0. The van der Waals surface area contributed by atoms with Crippen molar-refractivity contribution in [3.05, 3.63) is 65.2 Å². The Labute approximate surface area is 144 Å². The minimum atomic E-state index is -3.99. The van der Waals surface area contributed by atoms with E-state index in [0.29, 0.717) is 11.8 Å². The lowest BCUT2D eigenvalue weighted by molar-refractivity contribution is -0.133. The van der Waals surface area contributed by atoms with Gasteiger partial charge < -0.3 is 0 Å². The molecule has 8 heteroatoms. The number of nitrogens with one attached hydrogen (secondary N) is 1. The Morgan fingerprint density at radius 2 is 1.76 bits per heavy atom. The van der Waals surface area contributed by atoms with Crippen molar-refractivity contribution in [1.82, 2.24) is 9.79 Å². The van der Waals surface area contributed by atoms with Gasteiger partial charge in [-0.1, -0.05) is 36.4 Å². The van der Waals surface area contributed by atoms with Crippen molar-refractivity contribution in [2.45, 2.75) is 23.9 Å². The van der Waals surface area contributed by atoms with Crippen molar-refractivity contribution in [2.24, 2.45) is 0 Å². The second kappa shape index (κ2) is 6.75. The van der Waals surface area contributed by atoms with Gasteiger partial charge in [0.1, 0.15) is 12.3 Å². The Bertz CT molecular complexity index is 909. The fourth-order valence-corrected chi connectivity index (χ4v) is 4.47. The molecule has 1 aliphatic heterocycles. The normalized spacial score (nSPS) is 17.6. The summed E-state index contributed by atoms with van der Waals surface area (Å²) in [6.45, 7) is 0.0199. The highest BCUT2D eigenvalue weighted by Gasteiger charge is 2.39. The van der Waals surface area contributed by atoms with Gasteiger partial charge in [-0.2, -0.15) is 4.31 Å². The van der Waals surface area contributed by atoms with E-state index in [-0.39, 0.29) is 17.9 Å². The molecule has 25 heavy (non-hydrogen) atoms. The number of hydroxylamine groups is 1. The lowest BCUT2D eigenvalue weighted by Crippen LogP contribution is -2.51. The summed E-state index contributed by atoms with van der Waals surface area (Å²) in [5, 5.41) is 9.00. The van der Waals surface area contributed by atoms with Crippen LogP contribution in [0.1, 0.15) is 21.5 Å². The van der Waals surface area contributed by atoms with E-state index in [2.05, 4.69) is 0 Å². The maximum Gasteiger partial charge on any atom is 0.262 e. The lowest BCUT2D eigenvalue weighted by Gasteiger charge is -2.34. The van der Waals surface area contributed by atoms with E-state index in [1.807, 2.05) is 12.1 Å². The van der Waals surface area contributed by atoms with Crippen LogP contribution in [-0.2, 0) is 27.8 Å². The van der Waals surface area contributed by atoms with Crippen molar-refractivity contribution in [3.8, 4) is 0 Å². The molecule has 2 aromatic rings. The zero-order valence-electron chi connectivity index (χ0n) is 13.1. The van der Waals surface area contributed by atoms with Gasteiger partial charge in [0, 0.05) is 12.1 Å². The van der Waals surface area contributed by atoms with Crippen LogP contribution in [0.15, 0.2) is 53.4 Å². The van der Waals surface area contributed by atoms with E-state index < -0.39 is 22.0 Å². The number of rotatable bonds is 4. The van der Waals surface area contributed by atoms with Gasteiger partial charge in [-0.05, 0) is 29.7 Å². The van der Waals surface area contributed by atoms with E-state index in [1.54, 1.807) is 17.6 Å². The number of fused-ring (bicyclic) bond motifs is 1. The van der Waals surface area contributed by atoms with Crippen LogP contribution in [0, 0.1) is 0 Å². The highest BCUT2D eigenvalue weighted by Crippen LogP contribution is 2.29. The van der Waals surface area contributed by atoms with Crippen molar-refractivity contribution in [1.29, 1.82) is 0 Å². The minimum Gasteiger partial charge on any atom is -0.298 e. The number of aldehydes is 1. The Balaban J connectivity index is 2.04. The molecule has 2 aromatic carbocycles. The smallest absolute Gasteiger partial charge is 0.262 e. The number of hydrogen-bond acceptors (Lipinski definition) is 5. The number of sulfonamides is 1. The van der Waals surface area contributed by atoms with Gasteiger partial charge >= 0.3 is 0 Å². The van der Waals surface area contributed by atoms with Crippen LogP contribution < -0.4 is 5.48 Å². The molecule has 1 atom stereocenters. The van der Waals surface area contributed by atoms with Crippen molar-refractivity contribution < 1.29 is 23.2 Å². The summed E-state index contributed by atoms with van der Waals surface area (Å²) >= 11 is 0. The largest absolute Gasteiger partial charge is 0.298 e. The summed E-state index contributed by atoms with van der Waals surface area (Å²) in [4.78, 5) is 22.8. The quantitative estimate of drug-likeness (QED) is 0.483. The van der Waals surface area contributed by atoms with Crippen LogP contribution in [0.5, 0.6) is 0 Å². The fourth-order valence-electron chi connectivity index (χ4n) is 2.90. The first-order valence-electron chi connectivity index (χ1n) is 7.55. The molecule has 7 nitrogen and oxygen atoms in total. The molecule has 2 N–H and O–H groups in total. The number of nitrogens with zero attached hydrogens (tertiary/aromatic N) is 1. The van der Waals surface area contributed by atoms with Crippen LogP contribution in [0.2, 0.25) is 0 Å². The first-order valence-corrected chi connectivity index (χ1v) is 8.99. The van der Waals surface area contributed by atoms with Crippen LogP contribution in [0.3, 0.4) is 0 Å². The third-order valence-corrected chi connectivity index (χ3v) is 6.11. The predicted molar refractivity (Wildman–Crippen MR) is 88.4 cm³/mol. The average Bonchev–Trinajstić information content (AvgIpc) is 2.66. The minimum absolute atomic E-state index is 0.0199. The molecule has 0 spiro atoms. The fraction of sp³-hybridized carbons (Fsp3) is 0.176. The summed E-state index contributed by atoms with van der Waals surface area (Å²) in [6, 6.07) is 11.6. The van der Waals surface area contributed by atoms with E-state index in [4.69, 9.17) is 5.21 Å². The monoisotopic (exact) mass is 360 g/mol. The molecule has 0 aromatic heterocycles. The highest BCUT2D eigenvalue weighted by molar-refractivity contribution is 7.89. The number of hydrogen-bond donors (Lipinski definition) is 2. The molecule has 0 fully saturated rings. The number of amides is 1.